The second-order valence-electron chi connectivity index (χ2n) is 5.53. The number of rotatable bonds is 8. The molecule has 0 spiro atoms. The molecule has 6 nitrogen and oxygen atoms in total. The number of halogens is 1. The second-order valence-corrected chi connectivity index (χ2v) is 5.53. The van der Waals surface area contributed by atoms with Crippen LogP contribution >= 0.6 is 24.0 Å². The Morgan fingerprint density at radius 2 is 1.68 bits per heavy atom. The molecule has 0 amide bonds. The predicted molar refractivity (Wildman–Crippen MR) is 112 cm³/mol. The van der Waals surface area contributed by atoms with Gasteiger partial charge < -0.3 is 24.8 Å². The number of nitrogens with zero attached hydrogens (tertiary/aromatic N) is 1. The van der Waals surface area contributed by atoms with Crippen molar-refractivity contribution in [1.29, 1.82) is 0 Å². The van der Waals surface area contributed by atoms with Crippen LogP contribution in [-0.2, 0) is 0 Å². The van der Waals surface area contributed by atoms with Crippen molar-refractivity contribution in [2.75, 3.05) is 34.4 Å². The highest BCUT2D eigenvalue weighted by molar-refractivity contribution is 14.0. The summed E-state index contributed by atoms with van der Waals surface area (Å²) >= 11 is 0. The molecule has 1 aliphatic rings. The van der Waals surface area contributed by atoms with E-state index in [-0.39, 0.29) is 24.0 Å². The summed E-state index contributed by atoms with van der Waals surface area (Å²) in [4.78, 5) is 4.25. The smallest absolute Gasteiger partial charge is 0.191 e. The number of guanidine groups is 1. The first-order chi connectivity index (χ1) is 11.7. The van der Waals surface area contributed by atoms with Crippen LogP contribution in [0.4, 0.5) is 0 Å². The molecule has 1 aliphatic carbocycles. The summed E-state index contributed by atoms with van der Waals surface area (Å²) in [6, 6.07) is 5.98. The molecule has 0 radical (unpaired) electrons. The van der Waals surface area contributed by atoms with Gasteiger partial charge >= 0.3 is 0 Å². The maximum atomic E-state index is 5.77. The summed E-state index contributed by atoms with van der Waals surface area (Å²) in [5.74, 6) is 3.02. The maximum absolute atomic E-state index is 5.77. The van der Waals surface area contributed by atoms with E-state index in [9.17, 15) is 0 Å². The average Bonchev–Trinajstić information content (AvgIpc) is 3.13. The van der Waals surface area contributed by atoms with Gasteiger partial charge in [0.05, 0.1) is 20.8 Å². The summed E-state index contributed by atoms with van der Waals surface area (Å²) in [6.45, 7) is 1.40. The molecule has 25 heavy (non-hydrogen) atoms. The van der Waals surface area contributed by atoms with Gasteiger partial charge in [-0.25, -0.2) is 0 Å². The van der Waals surface area contributed by atoms with E-state index < -0.39 is 0 Å². The third-order valence-corrected chi connectivity index (χ3v) is 3.78. The highest BCUT2D eigenvalue weighted by Gasteiger charge is 2.11. The van der Waals surface area contributed by atoms with Gasteiger partial charge in [-0.1, -0.05) is 12.2 Å². The molecule has 0 saturated carbocycles. The summed E-state index contributed by atoms with van der Waals surface area (Å²) < 4.78 is 16.2. The Labute approximate surface area is 167 Å². The zero-order valence-corrected chi connectivity index (χ0v) is 17.4. The third kappa shape index (κ3) is 7.41. The van der Waals surface area contributed by atoms with Crippen molar-refractivity contribution < 1.29 is 14.2 Å². The number of methoxy groups -OCH3 is 2. The summed E-state index contributed by atoms with van der Waals surface area (Å²) in [7, 11) is 5.04. The van der Waals surface area contributed by atoms with E-state index >= 15 is 0 Å². The lowest BCUT2D eigenvalue weighted by molar-refractivity contribution is 0.305. The summed E-state index contributed by atoms with van der Waals surface area (Å²) in [6.07, 6.45) is 7.37. The molecule has 140 valence electrons. The number of nitrogens with one attached hydrogen (secondary N) is 2. The van der Waals surface area contributed by atoms with E-state index in [4.69, 9.17) is 14.2 Å². The topological polar surface area (TPSA) is 64.1 Å². The van der Waals surface area contributed by atoms with Gasteiger partial charge in [-0.2, -0.15) is 0 Å². The Balaban J connectivity index is 0.00000312. The molecule has 1 aromatic carbocycles. The van der Waals surface area contributed by atoms with Crippen LogP contribution in [0.15, 0.2) is 35.3 Å². The molecule has 0 atom stereocenters. The van der Waals surface area contributed by atoms with E-state index in [0.717, 1.165) is 49.0 Å². The minimum Gasteiger partial charge on any atom is -0.496 e. The molecular weight excluding hydrogens is 433 g/mol. The molecule has 2 rings (SSSR count). The summed E-state index contributed by atoms with van der Waals surface area (Å²) in [5.41, 5.74) is 0. The maximum Gasteiger partial charge on any atom is 0.191 e. The lowest BCUT2D eigenvalue weighted by atomic mass is 10.2. The molecule has 0 aromatic heterocycles. The fourth-order valence-electron chi connectivity index (χ4n) is 2.46. The number of aliphatic imine (C=N–C) groups is 1. The van der Waals surface area contributed by atoms with Crippen molar-refractivity contribution >= 4 is 29.9 Å². The van der Waals surface area contributed by atoms with Crippen molar-refractivity contribution in [2.45, 2.75) is 25.3 Å². The lowest BCUT2D eigenvalue weighted by Crippen LogP contribution is -2.42. The number of hydrogen-bond donors (Lipinski definition) is 2. The second kappa shape index (κ2) is 11.8. The SMILES string of the molecule is CN=C(NCCCOc1cc(OC)cc(OC)c1)NC1CC=CC1.I. The van der Waals surface area contributed by atoms with Crippen molar-refractivity contribution in [3.63, 3.8) is 0 Å². The Bertz CT molecular complexity index is 548. The predicted octanol–water partition coefficient (Wildman–Crippen LogP) is 2.97. The van der Waals surface area contributed by atoms with Crippen LogP contribution in [0.25, 0.3) is 0 Å². The van der Waals surface area contributed by atoms with Gasteiger partial charge in [0.15, 0.2) is 5.96 Å². The Hall–Kier alpha value is -1.64. The minimum absolute atomic E-state index is 0. The molecule has 0 saturated heterocycles. The van der Waals surface area contributed by atoms with Gasteiger partial charge in [0.1, 0.15) is 17.2 Å². The number of ether oxygens (including phenoxy) is 3. The van der Waals surface area contributed by atoms with Gasteiger partial charge in [0, 0.05) is 37.8 Å². The first-order valence-corrected chi connectivity index (χ1v) is 8.23. The van der Waals surface area contributed by atoms with E-state index in [1.165, 1.54) is 0 Å². The van der Waals surface area contributed by atoms with E-state index in [2.05, 4.69) is 27.8 Å². The van der Waals surface area contributed by atoms with Crippen LogP contribution in [0.1, 0.15) is 19.3 Å². The van der Waals surface area contributed by atoms with Crippen LogP contribution in [0.5, 0.6) is 17.2 Å². The van der Waals surface area contributed by atoms with Crippen LogP contribution in [0.3, 0.4) is 0 Å². The molecule has 0 fully saturated rings. The van der Waals surface area contributed by atoms with Crippen LogP contribution in [0, 0.1) is 0 Å². The van der Waals surface area contributed by atoms with Crippen molar-refractivity contribution in [3.8, 4) is 17.2 Å². The molecule has 2 N–H and O–H groups in total. The fourth-order valence-corrected chi connectivity index (χ4v) is 2.46. The normalized spacial score (nSPS) is 14.0. The monoisotopic (exact) mass is 461 g/mol. The zero-order chi connectivity index (χ0) is 17.2. The molecule has 0 heterocycles. The molecule has 1 aromatic rings. The quantitative estimate of drug-likeness (QED) is 0.205. The van der Waals surface area contributed by atoms with E-state index in [1.807, 2.05) is 18.2 Å². The van der Waals surface area contributed by atoms with Crippen molar-refractivity contribution in [2.24, 2.45) is 4.99 Å². The van der Waals surface area contributed by atoms with Gasteiger partial charge in [-0.15, -0.1) is 24.0 Å². The van der Waals surface area contributed by atoms with Gasteiger partial charge in [-0.05, 0) is 19.3 Å². The number of benzene rings is 1. The molecule has 0 unspecified atom stereocenters. The van der Waals surface area contributed by atoms with Crippen LogP contribution in [-0.4, -0.2) is 46.4 Å². The van der Waals surface area contributed by atoms with E-state index in [0.29, 0.717) is 12.6 Å². The largest absolute Gasteiger partial charge is 0.496 e. The number of hydrogen-bond acceptors (Lipinski definition) is 4. The molecule has 0 bridgehead atoms. The lowest BCUT2D eigenvalue weighted by Gasteiger charge is -2.17. The third-order valence-electron chi connectivity index (χ3n) is 3.78. The Morgan fingerprint density at radius 1 is 1.08 bits per heavy atom. The van der Waals surface area contributed by atoms with Crippen LogP contribution < -0.4 is 24.8 Å². The highest BCUT2D eigenvalue weighted by atomic mass is 127. The van der Waals surface area contributed by atoms with Crippen LogP contribution in [0.2, 0.25) is 0 Å². The van der Waals surface area contributed by atoms with Gasteiger partial charge in [-0.3, -0.25) is 4.99 Å². The minimum atomic E-state index is 0. The average molecular weight is 461 g/mol. The highest BCUT2D eigenvalue weighted by Crippen LogP contribution is 2.27. The van der Waals surface area contributed by atoms with Crippen molar-refractivity contribution in [3.05, 3.63) is 30.4 Å². The Kier molecular flexibility index (Phi) is 10.1. The Morgan fingerprint density at radius 3 is 2.24 bits per heavy atom. The van der Waals surface area contributed by atoms with Gasteiger partial charge in [0.2, 0.25) is 0 Å². The van der Waals surface area contributed by atoms with E-state index in [1.54, 1.807) is 21.3 Å². The fraction of sp³-hybridized carbons (Fsp3) is 0.500. The summed E-state index contributed by atoms with van der Waals surface area (Å²) in [5, 5.41) is 6.72. The first-order valence-electron chi connectivity index (χ1n) is 8.23. The molecule has 7 heteroatoms. The van der Waals surface area contributed by atoms with Crippen molar-refractivity contribution in [1.82, 2.24) is 10.6 Å². The van der Waals surface area contributed by atoms with Gasteiger partial charge in [0.25, 0.3) is 0 Å². The first kappa shape index (κ1) is 21.4. The molecule has 0 aliphatic heterocycles. The zero-order valence-electron chi connectivity index (χ0n) is 15.1. The standard InChI is InChI=1S/C18H27N3O3.HI/c1-19-18(21-14-7-4-5-8-14)20-9-6-10-24-17-12-15(22-2)11-16(13-17)23-3;/h4-5,11-14H,6-10H2,1-3H3,(H2,19,20,21);1H. The molecular formula is C18H28IN3O3.